The summed E-state index contributed by atoms with van der Waals surface area (Å²) in [4.78, 5) is 28.8. The minimum Gasteiger partial charge on any atom is -0.467 e. The molecule has 0 aromatic heterocycles. The zero-order valence-electron chi connectivity index (χ0n) is 16.3. The molecule has 6 nitrogen and oxygen atoms in total. The predicted molar refractivity (Wildman–Crippen MR) is 103 cm³/mol. The Morgan fingerprint density at radius 1 is 1.19 bits per heavy atom. The van der Waals surface area contributed by atoms with Gasteiger partial charge in [-0.3, -0.25) is 9.69 Å². The highest BCUT2D eigenvalue weighted by Crippen LogP contribution is 2.20. The lowest BCUT2D eigenvalue weighted by Crippen LogP contribution is -2.52. The summed E-state index contributed by atoms with van der Waals surface area (Å²) < 4.78 is 4.83. The van der Waals surface area contributed by atoms with Crippen molar-refractivity contribution in [2.75, 3.05) is 44.7 Å². The second kappa shape index (κ2) is 9.57. The van der Waals surface area contributed by atoms with Crippen molar-refractivity contribution in [3.8, 4) is 0 Å². The Morgan fingerprint density at radius 3 is 2.42 bits per heavy atom. The van der Waals surface area contributed by atoms with E-state index < -0.39 is 6.04 Å². The lowest BCUT2D eigenvalue weighted by atomic mass is 9.99. The molecule has 0 unspecified atom stereocenters. The zero-order valence-corrected chi connectivity index (χ0v) is 16.3. The van der Waals surface area contributed by atoms with Crippen molar-refractivity contribution in [2.45, 2.75) is 33.2 Å². The van der Waals surface area contributed by atoms with Gasteiger partial charge in [0.2, 0.25) is 5.91 Å². The van der Waals surface area contributed by atoms with Gasteiger partial charge in [-0.25, -0.2) is 4.79 Å². The number of carbonyl (C=O) groups excluding carboxylic acids is 2. The minimum absolute atomic E-state index is 0.0457. The molecule has 1 aliphatic rings. The maximum absolute atomic E-state index is 12.4. The Hall–Kier alpha value is -2.08. The topological polar surface area (TPSA) is 61.9 Å². The Labute approximate surface area is 156 Å². The molecule has 0 saturated carbocycles. The fourth-order valence-corrected chi connectivity index (χ4v) is 3.28. The SMILES string of the molecule is CC[C@H](C)[C@H](NC(=O)CN1CCN(c2ccccc2C)CC1)C(=O)OC. The summed E-state index contributed by atoms with van der Waals surface area (Å²) in [5.74, 6) is -0.452. The molecule has 1 N–H and O–H groups in total. The average Bonchev–Trinajstić information content (AvgIpc) is 2.66. The molecule has 1 heterocycles. The fourth-order valence-electron chi connectivity index (χ4n) is 3.28. The van der Waals surface area contributed by atoms with Crippen LogP contribution in [0.3, 0.4) is 0 Å². The Morgan fingerprint density at radius 2 is 1.85 bits per heavy atom. The van der Waals surface area contributed by atoms with E-state index >= 15 is 0 Å². The molecule has 1 amide bonds. The number of ether oxygens (including phenoxy) is 1. The van der Waals surface area contributed by atoms with E-state index in [1.165, 1.54) is 18.4 Å². The van der Waals surface area contributed by atoms with Gasteiger partial charge in [0, 0.05) is 31.9 Å². The first kappa shape index (κ1) is 20.2. The standard InChI is InChI=1S/C20H31N3O3/c1-5-15(2)19(20(25)26-4)21-18(24)14-22-10-12-23(13-11-22)17-9-7-6-8-16(17)3/h6-9,15,19H,5,10-14H2,1-4H3,(H,21,24)/t15-,19-/m0/s1. The van der Waals surface area contributed by atoms with Crippen LogP contribution < -0.4 is 10.2 Å². The number of methoxy groups -OCH3 is 1. The van der Waals surface area contributed by atoms with Crippen molar-refractivity contribution in [1.82, 2.24) is 10.2 Å². The molecule has 2 rings (SSSR count). The lowest BCUT2D eigenvalue weighted by molar-refractivity contribution is -0.146. The molecule has 0 aliphatic carbocycles. The number of amides is 1. The Kier molecular flexibility index (Phi) is 7.45. The maximum atomic E-state index is 12.4. The number of benzene rings is 1. The van der Waals surface area contributed by atoms with Crippen LogP contribution in [0.1, 0.15) is 25.8 Å². The number of anilines is 1. The molecule has 1 aromatic rings. The molecule has 0 bridgehead atoms. The average molecular weight is 361 g/mol. The molecule has 0 spiro atoms. The second-order valence-electron chi connectivity index (χ2n) is 7.00. The summed E-state index contributed by atoms with van der Waals surface area (Å²) in [6.07, 6.45) is 0.801. The first-order valence-electron chi connectivity index (χ1n) is 9.36. The number of hydrogen-bond donors (Lipinski definition) is 1. The van der Waals surface area contributed by atoms with Gasteiger partial charge in [-0.05, 0) is 24.5 Å². The van der Waals surface area contributed by atoms with Gasteiger partial charge in [0.05, 0.1) is 13.7 Å². The molecular weight excluding hydrogens is 330 g/mol. The van der Waals surface area contributed by atoms with Gasteiger partial charge < -0.3 is 15.0 Å². The van der Waals surface area contributed by atoms with Gasteiger partial charge in [-0.2, -0.15) is 0 Å². The van der Waals surface area contributed by atoms with Crippen LogP contribution in [0.2, 0.25) is 0 Å². The Balaban J connectivity index is 1.85. The monoisotopic (exact) mass is 361 g/mol. The Bertz CT molecular complexity index is 612. The largest absolute Gasteiger partial charge is 0.467 e. The van der Waals surface area contributed by atoms with Gasteiger partial charge in [-0.1, -0.05) is 38.5 Å². The number of hydrogen-bond acceptors (Lipinski definition) is 5. The van der Waals surface area contributed by atoms with Crippen LogP contribution >= 0.6 is 0 Å². The van der Waals surface area contributed by atoms with Gasteiger partial charge in [0.25, 0.3) is 0 Å². The van der Waals surface area contributed by atoms with E-state index in [0.717, 1.165) is 32.6 Å². The molecule has 1 saturated heterocycles. The minimum atomic E-state index is -0.578. The third-order valence-electron chi connectivity index (χ3n) is 5.18. The first-order valence-corrected chi connectivity index (χ1v) is 9.36. The quantitative estimate of drug-likeness (QED) is 0.751. The van der Waals surface area contributed by atoms with E-state index in [-0.39, 0.29) is 17.8 Å². The summed E-state index contributed by atoms with van der Waals surface area (Å²) >= 11 is 0. The first-order chi connectivity index (χ1) is 12.5. The van der Waals surface area contributed by atoms with Crippen molar-refractivity contribution >= 4 is 17.6 Å². The van der Waals surface area contributed by atoms with Crippen LogP contribution in [0.5, 0.6) is 0 Å². The van der Waals surface area contributed by atoms with Crippen molar-refractivity contribution in [2.24, 2.45) is 5.92 Å². The van der Waals surface area contributed by atoms with Crippen molar-refractivity contribution in [3.05, 3.63) is 29.8 Å². The van der Waals surface area contributed by atoms with Crippen LogP contribution in [0.4, 0.5) is 5.69 Å². The van der Waals surface area contributed by atoms with Crippen LogP contribution in [-0.4, -0.2) is 62.7 Å². The molecule has 26 heavy (non-hydrogen) atoms. The number of aryl methyl sites for hydroxylation is 1. The number of rotatable bonds is 7. The molecule has 2 atom stereocenters. The van der Waals surface area contributed by atoms with Crippen LogP contribution in [-0.2, 0) is 14.3 Å². The molecule has 144 valence electrons. The van der Waals surface area contributed by atoms with E-state index in [0.29, 0.717) is 6.54 Å². The van der Waals surface area contributed by atoms with Gasteiger partial charge in [0.1, 0.15) is 6.04 Å². The van der Waals surface area contributed by atoms with E-state index in [9.17, 15) is 9.59 Å². The van der Waals surface area contributed by atoms with E-state index in [1.54, 1.807) is 0 Å². The molecule has 6 heteroatoms. The molecule has 1 aromatic carbocycles. The number of nitrogens with zero attached hydrogens (tertiary/aromatic N) is 2. The number of esters is 1. The second-order valence-corrected chi connectivity index (χ2v) is 7.00. The predicted octanol–water partition coefficient (Wildman–Crippen LogP) is 1.82. The summed E-state index contributed by atoms with van der Waals surface area (Å²) in [6.45, 7) is 9.82. The number of para-hydroxylation sites is 1. The third-order valence-corrected chi connectivity index (χ3v) is 5.18. The molecule has 1 aliphatic heterocycles. The summed E-state index contributed by atoms with van der Waals surface area (Å²) in [6, 6.07) is 7.80. The van der Waals surface area contributed by atoms with Crippen molar-refractivity contribution in [1.29, 1.82) is 0 Å². The van der Waals surface area contributed by atoms with Gasteiger partial charge in [0.15, 0.2) is 0 Å². The fraction of sp³-hybridized carbons (Fsp3) is 0.600. The number of nitrogens with one attached hydrogen (secondary N) is 1. The van der Waals surface area contributed by atoms with Crippen LogP contribution in [0.25, 0.3) is 0 Å². The van der Waals surface area contributed by atoms with Gasteiger partial charge in [-0.15, -0.1) is 0 Å². The van der Waals surface area contributed by atoms with Crippen molar-refractivity contribution in [3.63, 3.8) is 0 Å². The normalized spacial score (nSPS) is 17.5. The highest BCUT2D eigenvalue weighted by molar-refractivity contribution is 5.85. The highest BCUT2D eigenvalue weighted by Gasteiger charge is 2.28. The lowest BCUT2D eigenvalue weighted by Gasteiger charge is -2.36. The number of carbonyl (C=O) groups is 2. The summed E-state index contributed by atoms with van der Waals surface area (Å²) in [5, 5.41) is 2.85. The smallest absolute Gasteiger partial charge is 0.328 e. The molecular formula is C20H31N3O3. The molecule has 0 radical (unpaired) electrons. The maximum Gasteiger partial charge on any atom is 0.328 e. The highest BCUT2D eigenvalue weighted by atomic mass is 16.5. The third kappa shape index (κ3) is 5.21. The van der Waals surface area contributed by atoms with E-state index in [4.69, 9.17) is 4.74 Å². The van der Waals surface area contributed by atoms with Crippen LogP contribution in [0, 0.1) is 12.8 Å². The number of piperazine rings is 1. The van der Waals surface area contributed by atoms with Crippen LogP contribution in [0.15, 0.2) is 24.3 Å². The zero-order chi connectivity index (χ0) is 19.1. The van der Waals surface area contributed by atoms with E-state index in [1.807, 2.05) is 13.8 Å². The summed E-state index contributed by atoms with van der Waals surface area (Å²) in [7, 11) is 1.36. The molecule has 1 fully saturated rings. The van der Waals surface area contributed by atoms with Gasteiger partial charge >= 0.3 is 5.97 Å². The van der Waals surface area contributed by atoms with Crippen molar-refractivity contribution < 1.29 is 14.3 Å². The summed E-state index contributed by atoms with van der Waals surface area (Å²) in [5.41, 5.74) is 2.53. The van der Waals surface area contributed by atoms with E-state index in [2.05, 4.69) is 46.3 Å².